The number of hydrogen-bond donors (Lipinski definition) is 0. The zero-order valence-electron chi connectivity index (χ0n) is 16.7. The number of ether oxygens (including phenoxy) is 1. The Kier molecular flexibility index (Phi) is 5.68. The van der Waals surface area contributed by atoms with Crippen molar-refractivity contribution in [3.63, 3.8) is 0 Å². The zero-order chi connectivity index (χ0) is 19.5. The first-order valence-corrected chi connectivity index (χ1v) is 10.0. The van der Waals surface area contributed by atoms with Crippen LogP contribution in [0.25, 0.3) is 0 Å². The lowest BCUT2D eigenvalue weighted by Gasteiger charge is -2.32. The number of aromatic nitrogens is 4. The maximum atomic E-state index is 12.7. The molecule has 8 nitrogen and oxygen atoms in total. The molecule has 150 valence electrons. The summed E-state index contributed by atoms with van der Waals surface area (Å²) >= 11 is 0. The van der Waals surface area contributed by atoms with Crippen LogP contribution in [0.2, 0.25) is 0 Å². The Morgan fingerprint density at radius 2 is 2.07 bits per heavy atom. The Morgan fingerprint density at radius 1 is 1.25 bits per heavy atom. The Balaban J connectivity index is 1.43. The maximum Gasteiger partial charge on any atom is 0.257 e. The van der Waals surface area contributed by atoms with Crippen molar-refractivity contribution in [3.05, 3.63) is 41.2 Å². The predicted molar refractivity (Wildman–Crippen MR) is 104 cm³/mol. The van der Waals surface area contributed by atoms with Crippen LogP contribution < -0.4 is 0 Å². The molecule has 0 saturated carbocycles. The van der Waals surface area contributed by atoms with E-state index in [0.717, 1.165) is 44.0 Å². The molecule has 8 heteroatoms. The monoisotopic (exact) mass is 384 g/mol. The SMILES string of the molecule is Cc1nc(C2CCCN(Cc3cnn(C)c3)C2)ncc1C(=O)N1CCOCC1. The first-order chi connectivity index (χ1) is 13.6. The summed E-state index contributed by atoms with van der Waals surface area (Å²) in [6.07, 6.45) is 7.92. The maximum absolute atomic E-state index is 12.7. The lowest BCUT2D eigenvalue weighted by molar-refractivity contribution is 0.0301. The fourth-order valence-corrected chi connectivity index (χ4v) is 4.05. The number of carbonyl (C=O) groups excluding carboxylic acids is 1. The van der Waals surface area contributed by atoms with E-state index in [1.165, 1.54) is 5.56 Å². The van der Waals surface area contributed by atoms with Gasteiger partial charge in [0.2, 0.25) is 0 Å². The molecule has 1 unspecified atom stereocenters. The van der Waals surface area contributed by atoms with Crippen molar-refractivity contribution in [3.8, 4) is 0 Å². The van der Waals surface area contributed by atoms with Crippen LogP contribution in [0.15, 0.2) is 18.6 Å². The van der Waals surface area contributed by atoms with E-state index in [9.17, 15) is 4.79 Å². The summed E-state index contributed by atoms with van der Waals surface area (Å²) in [7, 11) is 1.94. The van der Waals surface area contributed by atoms with E-state index in [1.54, 1.807) is 6.20 Å². The van der Waals surface area contributed by atoms with Crippen molar-refractivity contribution in [2.45, 2.75) is 32.2 Å². The molecular formula is C20H28N6O2. The van der Waals surface area contributed by atoms with E-state index in [1.807, 2.05) is 29.7 Å². The fourth-order valence-electron chi connectivity index (χ4n) is 4.05. The molecule has 0 aliphatic carbocycles. The van der Waals surface area contributed by atoms with E-state index >= 15 is 0 Å². The van der Waals surface area contributed by atoms with E-state index in [-0.39, 0.29) is 5.91 Å². The largest absolute Gasteiger partial charge is 0.378 e. The van der Waals surface area contributed by atoms with E-state index in [0.29, 0.717) is 37.8 Å². The molecule has 4 rings (SSSR count). The minimum absolute atomic E-state index is 0.00852. The molecule has 2 aromatic heterocycles. The summed E-state index contributed by atoms with van der Waals surface area (Å²) < 4.78 is 7.17. The van der Waals surface area contributed by atoms with Gasteiger partial charge in [0.1, 0.15) is 5.82 Å². The van der Waals surface area contributed by atoms with E-state index in [4.69, 9.17) is 9.72 Å². The van der Waals surface area contributed by atoms with Gasteiger partial charge >= 0.3 is 0 Å². The van der Waals surface area contributed by atoms with Crippen LogP contribution in [0, 0.1) is 6.92 Å². The second-order valence-corrected chi connectivity index (χ2v) is 7.73. The van der Waals surface area contributed by atoms with Gasteiger partial charge in [-0.05, 0) is 26.3 Å². The second kappa shape index (κ2) is 8.36. The molecule has 2 aromatic rings. The normalized spacial score (nSPS) is 21.1. The molecule has 1 amide bonds. The van der Waals surface area contributed by atoms with Gasteiger partial charge in [-0.25, -0.2) is 9.97 Å². The number of aryl methyl sites for hydroxylation is 2. The second-order valence-electron chi connectivity index (χ2n) is 7.73. The third-order valence-electron chi connectivity index (χ3n) is 5.56. The first-order valence-electron chi connectivity index (χ1n) is 10.0. The third-order valence-corrected chi connectivity index (χ3v) is 5.56. The van der Waals surface area contributed by atoms with Crippen molar-refractivity contribution < 1.29 is 9.53 Å². The molecule has 1 atom stereocenters. The van der Waals surface area contributed by atoms with Crippen molar-refractivity contribution in [2.75, 3.05) is 39.4 Å². The predicted octanol–water partition coefficient (Wildman–Crippen LogP) is 1.37. The number of amides is 1. The minimum atomic E-state index is 0.00852. The highest BCUT2D eigenvalue weighted by Crippen LogP contribution is 2.26. The number of nitrogens with zero attached hydrogens (tertiary/aromatic N) is 6. The van der Waals surface area contributed by atoms with Crippen LogP contribution >= 0.6 is 0 Å². The summed E-state index contributed by atoms with van der Waals surface area (Å²) in [5.74, 6) is 1.16. The van der Waals surface area contributed by atoms with Crippen LogP contribution in [0.1, 0.15) is 46.2 Å². The van der Waals surface area contributed by atoms with Crippen LogP contribution in [0.5, 0.6) is 0 Å². The van der Waals surface area contributed by atoms with Gasteiger partial charge < -0.3 is 9.64 Å². The molecular weight excluding hydrogens is 356 g/mol. The Bertz CT molecular complexity index is 830. The number of rotatable bonds is 4. The van der Waals surface area contributed by atoms with Gasteiger partial charge in [-0.15, -0.1) is 0 Å². The van der Waals surface area contributed by atoms with Gasteiger partial charge in [-0.2, -0.15) is 5.10 Å². The van der Waals surface area contributed by atoms with Crippen molar-refractivity contribution in [1.29, 1.82) is 0 Å². The molecule has 2 fully saturated rings. The molecule has 0 aromatic carbocycles. The quantitative estimate of drug-likeness (QED) is 0.793. The Morgan fingerprint density at radius 3 is 2.79 bits per heavy atom. The van der Waals surface area contributed by atoms with Crippen molar-refractivity contribution >= 4 is 5.91 Å². The highest BCUT2D eigenvalue weighted by atomic mass is 16.5. The molecule has 28 heavy (non-hydrogen) atoms. The molecule has 0 radical (unpaired) electrons. The van der Waals surface area contributed by atoms with Gasteiger partial charge in [0, 0.05) is 57.1 Å². The van der Waals surface area contributed by atoms with Crippen LogP contribution in [-0.4, -0.2) is 74.8 Å². The number of carbonyl (C=O) groups is 1. The molecule has 4 heterocycles. The van der Waals surface area contributed by atoms with Gasteiger partial charge in [-0.1, -0.05) is 0 Å². The van der Waals surface area contributed by atoms with E-state index < -0.39 is 0 Å². The van der Waals surface area contributed by atoms with Crippen molar-refractivity contribution in [1.82, 2.24) is 29.5 Å². The topological polar surface area (TPSA) is 76.4 Å². The molecule has 2 aliphatic rings. The summed E-state index contributed by atoms with van der Waals surface area (Å²) in [4.78, 5) is 26.3. The Hall–Kier alpha value is -2.32. The molecule has 0 N–H and O–H groups in total. The highest BCUT2D eigenvalue weighted by Gasteiger charge is 2.26. The van der Waals surface area contributed by atoms with Crippen LogP contribution in [0.3, 0.4) is 0 Å². The van der Waals surface area contributed by atoms with E-state index in [2.05, 4.69) is 21.2 Å². The summed E-state index contributed by atoms with van der Waals surface area (Å²) in [5.41, 5.74) is 2.60. The third kappa shape index (κ3) is 4.23. The Labute approximate surface area is 165 Å². The van der Waals surface area contributed by atoms with Gasteiger partial charge in [0.25, 0.3) is 5.91 Å². The number of piperidine rings is 1. The fraction of sp³-hybridized carbons (Fsp3) is 0.600. The average molecular weight is 384 g/mol. The molecule has 0 bridgehead atoms. The highest BCUT2D eigenvalue weighted by molar-refractivity contribution is 5.95. The smallest absolute Gasteiger partial charge is 0.257 e. The standard InChI is InChI=1S/C20H28N6O2/c1-15-18(20(27)26-6-8-28-9-7-26)11-21-19(23-15)17-4-3-5-25(14-17)13-16-10-22-24(2)12-16/h10-12,17H,3-9,13-14H2,1-2H3. The van der Waals surface area contributed by atoms with Gasteiger partial charge in [0.15, 0.2) is 0 Å². The zero-order valence-corrected chi connectivity index (χ0v) is 16.7. The van der Waals surface area contributed by atoms with Crippen LogP contribution in [-0.2, 0) is 18.3 Å². The lowest BCUT2D eigenvalue weighted by atomic mass is 9.96. The van der Waals surface area contributed by atoms with Crippen molar-refractivity contribution in [2.24, 2.45) is 7.05 Å². The lowest BCUT2D eigenvalue weighted by Crippen LogP contribution is -2.41. The minimum Gasteiger partial charge on any atom is -0.378 e. The number of hydrogen-bond acceptors (Lipinski definition) is 6. The molecule has 2 aliphatic heterocycles. The molecule has 0 spiro atoms. The summed E-state index contributed by atoms with van der Waals surface area (Å²) in [6.45, 7) is 7.28. The number of morpholine rings is 1. The first kappa shape index (κ1) is 19.0. The number of likely N-dealkylation sites (tertiary alicyclic amines) is 1. The van der Waals surface area contributed by atoms with Gasteiger partial charge in [-0.3, -0.25) is 14.4 Å². The average Bonchev–Trinajstić information content (AvgIpc) is 3.13. The summed E-state index contributed by atoms with van der Waals surface area (Å²) in [5, 5.41) is 4.26. The van der Waals surface area contributed by atoms with Crippen LogP contribution in [0.4, 0.5) is 0 Å². The summed E-state index contributed by atoms with van der Waals surface area (Å²) in [6, 6.07) is 0. The van der Waals surface area contributed by atoms with Gasteiger partial charge in [0.05, 0.1) is 30.7 Å². The molecule has 2 saturated heterocycles.